The van der Waals surface area contributed by atoms with E-state index in [1.807, 2.05) is 49.4 Å². The number of hydrogen-bond donors (Lipinski definition) is 1. The third-order valence-corrected chi connectivity index (χ3v) is 3.92. The van der Waals surface area contributed by atoms with Gasteiger partial charge in [0.2, 0.25) is 11.8 Å². The van der Waals surface area contributed by atoms with Crippen molar-refractivity contribution in [2.45, 2.75) is 26.4 Å². The second-order valence-electron chi connectivity index (χ2n) is 5.47. The monoisotopic (exact) mass is 344 g/mol. The van der Waals surface area contributed by atoms with Crippen LogP contribution in [0.25, 0.3) is 0 Å². The van der Waals surface area contributed by atoms with E-state index in [2.05, 4.69) is 5.32 Å². The Kier molecular flexibility index (Phi) is 6.82. The van der Waals surface area contributed by atoms with Gasteiger partial charge in [0.1, 0.15) is 6.42 Å². The van der Waals surface area contributed by atoms with Gasteiger partial charge in [0, 0.05) is 24.7 Å². The van der Waals surface area contributed by atoms with Gasteiger partial charge in [0.25, 0.3) is 0 Å². The van der Waals surface area contributed by atoms with Crippen molar-refractivity contribution in [3.8, 4) is 0 Å². The van der Waals surface area contributed by atoms with Crippen molar-refractivity contribution in [1.29, 1.82) is 0 Å². The Morgan fingerprint density at radius 2 is 1.67 bits per heavy atom. The number of hydrogen-bond acceptors (Lipinski definition) is 2. The molecule has 126 valence electrons. The highest BCUT2D eigenvalue weighted by Gasteiger charge is 2.16. The molecule has 0 radical (unpaired) electrons. The summed E-state index contributed by atoms with van der Waals surface area (Å²) in [7, 11) is 0. The molecule has 2 rings (SSSR count). The molecule has 0 aliphatic rings. The van der Waals surface area contributed by atoms with Crippen LogP contribution >= 0.6 is 11.6 Å². The minimum atomic E-state index is -0.276. The van der Waals surface area contributed by atoms with Crippen LogP contribution in [0.5, 0.6) is 0 Å². The van der Waals surface area contributed by atoms with Crippen LogP contribution in [-0.2, 0) is 22.7 Å². The van der Waals surface area contributed by atoms with Gasteiger partial charge in [0.15, 0.2) is 0 Å². The van der Waals surface area contributed by atoms with Crippen molar-refractivity contribution in [2.75, 3.05) is 6.54 Å². The zero-order valence-corrected chi connectivity index (χ0v) is 14.4. The van der Waals surface area contributed by atoms with Crippen LogP contribution in [0.3, 0.4) is 0 Å². The largest absolute Gasteiger partial charge is 0.352 e. The lowest BCUT2D eigenvalue weighted by Crippen LogP contribution is -2.35. The van der Waals surface area contributed by atoms with Gasteiger partial charge in [-0.3, -0.25) is 9.59 Å². The molecule has 0 aromatic heterocycles. The minimum absolute atomic E-state index is 0.145. The smallest absolute Gasteiger partial charge is 0.232 e. The fraction of sp³-hybridized carbons (Fsp3) is 0.263. The summed E-state index contributed by atoms with van der Waals surface area (Å²) in [6.07, 6.45) is -0.145. The molecule has 0 bridgehead atoms. The van der Waals surface area contributed by atoms with Crippen LogP contribution in [0.4, 0.5) is 0 Å². The Morgan fingerprint density at radius 1 is 1.00 bits per heavy atom. The summed E-state index contributed by atoms with van der Waals surface area (Å²) in [4.78, 5) is 26.0. The first-order valence-corrected chi connectivity index (χ1v) is 8.29. The molecule has 0 aliphatic carbocycles. The third-order valence-electron chi connectivity index (χ3n) is 3.67. The molecule has 0 atom stereocenters. The lowest BCUT2D eigenvalue weighted by atomic mass is 10.2. The highest BCUT2D eigenvalue weighted by atomic mass is 35.5. The van der Waals surface area contributed by atoms with Crippen LogP contribution in [0.15, 0.2) is 54.6 Å². The maximum atomic E-state index is 12.3. The molecule has 0 spiro atoms. The number of amides is 2. The summed E-state index contributed by atoms with van der Waals surface area (Å²) in [6.45, 7) is 3.37. The molecule has 0 fully saturated rings. The average Bonchev–Trinajstić information content (AvgIpc) is 2.60. The number of carbonyl (C=O) groups is 2. The maximum Gasteiger partial charge on any atom is 0.232 e. The molecule has 2 aromatic rings. The molecule has 0 unspecified atom stereocenters. The van der Waals surface area contributed by atoms with Crippen LogP contribution in [0.1, 0.15) is 24.5 Å². The molecule has 1 N–H and O–H groups in total. The highest BCUT2D eigenvalue weighted by Crippen LogP contribution is 2.09. The second kappa shape index (κ2) is 9.08. The Hall–Kier alpha value is -2.33. The number of halogens is 1. The van der Waals surface area contributed by atoms with E-state index in [9.17, 15) is 9.59 Å². The molecular formula is C19H21ClN2O2. The Bertz CT molecular complexity index is 672. The molecular weight excluding hydrogens is 324 g/mol. The number of nitrogens with one attached hydrogen (secondary N) is 1. The first-order valence-electron chi connectivity index (χ1n) is 7.91. The van der Waals surface area contributed by atoms with E-state index in [4.69, 9.17) is 11.6 Å². The van der Waals surface area contributed by atoms with E-state index in [0.717, 1.165) is 11.1 Å². The van der Waals surface area contributed by atoms with Crippen molar-refractivity contribution in [1.82, 2.24) is 10.2 Å². The topological polar surface area (TPSA) is 49.4 Å². The lowest BCUT2D eigenvalue weighted by Gasteiger charge is -2.20. The first-order chi connectivity index (χ1) is 11.6. The average molecular weight is 345 g/mol. The van der Waals surface area contributed by atoms with Gasteiger partial charge in [-0.05, 0) is 30.2 Å². The van der Waals surface area contributed by atoms with Crippen LogP contribution in [-0.4, -0.2) is 23.3 Å². The lowest BCUT2D eigenvalue weighted by molar-refractivity contribution is -0.136. The predicted molar refractivity (Wildman–Crippen MR) is 95.4 cm³/mol. The SMILES string of the molecule is CCN(Cc1ccccc1)C(=O)CC(=O)NCc1ccc(Cl)cc1. The van der Waals surface area contributed by atoms with Gasteiger partial charge in [-0.15, -0.1) is 0 Å². The Labute approximate surface area is 147 Å². The summed E-state index contributed by atoms with van der Waals surface area (Å²) < 4.78 is 0. The van der Waals surface area contributed by atoms with Crippen molar-refractivity contribution in [3.63, 3.8) is 0 Å². The zero-order valence-electron chi connectivity index (χ0n) is 13.7. The molecule has 2 aromatic carbocycles. The van der Waals surface area contributed by atoms with E-state index >= 15 is 0 Å². The summed E-state index contributed by atoms with van der Waals surface area (Å²) in [5.41, 5.74) is 1.99. The number of carbonyl (C=O) groups excluding carboxylic acids is 2. The fourth-order valence-corrected chi connectivity index (χ4v) is 2.42. The molecule has 0 aliphatic heterocycles. The summed E-state index contributed by atoms with van der Waals surface area (Å²) in [5, 5.41) is 3.42. The van der Waals surface area contributed by atoms with Gasteiger partial charge in [-0.1, -0.05) is 54.1 Å². The number of benzene rings is 2. The van der Waals surface area contributed by atoms with Gasteiger partial charge in [0.05, 0.1) is 0 Å². The minimum Gasteiger partial charge on any atom is -0.352 e. The Morgan fingerprint density at radius 3 is 2.29 bits per heavy atom. The molecule has 5 heteroatoms. The third kappa shape index (κ3) is 5.70. The number of nitrogens with zero attached hydrogens (tertiary/aromatic N) is 1. The van der Waals surface area contributed by atoms with Crippen LogP contribution in [0, 0.1) is 0 Å². The van der Waals surface area contributed by atoms with Crippen molar-refractivity contribution in [2.24, 2.45) is 0 Å². The molecule has 24 heavy (non-hydrogen) atoms. The first kappa shape index (κ1) is 18.0. The van der Waals surface area contributed by atoms with Crippen molar-refractivity contribution in [3.05, 3.63) is 70.7 Å². The van der Waals surface area contributed by atoms with Gasteiger partial charge >= 0.3 is 0 Å². The van der Waals surface area contributed by atoms with E-state index in [1.54, 1.807) is 17.0 Å². The number of rotatable bonds is 7. The maximum absolute atomic E-state index is 12.3. The van der Waals surface area contributed by atoms with Crippen molar-refractivity contribution < 1.29 is 9.59 Å². The molecule has 4 nitrogen and oxygen atoms in total. The molecule has 0 heterocycles. The Balaban J connectivity index is 1.83. The van der Waals surface area contributed by atoms with E-state index in [1.165, 1.54) is 0 Å². The fourth-order valence-electron chi connectivity index (χ4n) is 2.29. The zero-order chi connectivity index (χ0) is 17.4. The van der Waals surface area contributed by atoms with E-state index in [-0.39, 0.29) is 18.2 Å². The quantitative estimate of drug-likeness (QED) is 0.783. The van der Waals surface area contributed by atoms with Crippen molar-refractivity contribution >= 4 is 23.4 Å². The summed E-state index contributed by atoms with van der Waals surface area (Å²) in [6, 6.07) is 17.0. The second-order valence-corrected chi connectivity index (χ2v) is 5.91. The highest BCUT2D eigenvalue weighted by molar-refractivity contribution is 6.30. The molecule has 0 saturated heterocycles. The van der Waals surface area contributed by atoms with Crippen LogP contribution in [0.2, 0.25) is 5.02 Å². The normalized spacial score (nSPS) is 10.2. The summed E-state index contributed by atoms with van der Waals surface area (Å²) >= 11 is 5.82. The van der Waals surface area contributed by atoms with Crippen LogP contribution < -0.4 is 5.32 Å². The van der Waals surface area contributed by atoms with E-state index in [0.29, 0.717) is 24.7 Å². The predicted octanol–water partition coefficient (Wildman–Crippen LogP) is 3.40. The molecule has 2 amide bonds. The van der Waals surface area contributed by atoms with E-state index < -0.39 is 0 Å². The molecule has 0 saturated carbocycles. The van der Waals surface area contributed by atoms with Gasteiger partial charge in [-0.2, -0.15) is 0 Å². The van der Waals surface area contributed by atoms with Gasteiger partial charge < -0.3 is 10.2 Å². The van der Waals surface area contributed by atoms with Gasteiger partial charge in [-0.25, -0.2) is 0 Å². The standard InChI is InChI=1S/C19H21ClN2O2/c1-2-22(14-16-6-4-3-5-7-16)19(24)12-18(23)21-13-15-8-10-17(20)11-9-15/h3-11H,2,12-14H2,1H3,(H,21,23). The summed E-state index contributed by atoms with van der Waals surface area (Å²) in [5.74, 6) is -0.448.